The molecule has 4 heteroatoms. The summed E-state index contributed by atoms with van der Waals surface area (Å²) in [7, 11) is 1.79. The van der Waals surface area contributed by atoms with Gasteiger partial charge in [-0.15, -0.1) is 4.72 Å². The molecule has 1 aromatic rings. The molecule has 1 saturated carbocycles. The lowest BCUT2D eigenvalue weighted by Gasteiger charge is -2.31. The number of rotatable bonds is 5. The first-order chi connectivity index (χ1) is 10.1. The molecule has 116 valence electrons. The summed E-state index contributed by atoms with van der Waals surface area (Å²) < 4.78 is 15.7. The van der Waals surface area contributed by atoms with Gasteiger partial charge in [0.25, 0.3) is 0 Å². The first-order valence-corrected chi connectivity index (χ1v) is 8.92. The van der Waals surface area contributed by atoms with E-state index in [0.29, 0.717) is 5.92 Å². The van der Waals surface area contributed by atoms with Crippen LogP contribution in [0.4, 0.5) is 0 Å². The maximum Gasteiger partial charge on any atom is 0.173 e. The van der Waals surface area contributed by atoms with Gasteiger partial charge in [0.15, 0.2) is 4.90 Å². The number of nitrogens with one attached hydrogen (secondary N) is 1. The minimum Gasteiger partial charge on any atom is -0.593 e. The van der Waals surface area contributed by atoms with Gasteiger partial charge in [-0.25, -0.2) is 0 Å². The van der Waals surface area contributed by atoms with Crippen LogP contribution in [0.1, 0.15) is 38.2 Å². The molecule has 2 rings (SSSR count). The summed E-state index contributed by atoms with van der Waals surface area (Å²) in [5.41, 5.74) is 1.18. The second-order valence-electron chi connectivity index (χ2n) is 6.15. The van der Waals surface area contributed by atoms with Crippen LogP contribution in [0.5, 0.6) is 0 Å². The lowest BCUT2D eigenvalue weighted by molar-refractivity contribution is 0.274. The van der Waals surface area contributed by atoms with Gasteiger partial charge in [-0.1, -0.05) is 37.5 Å². The van der Waals surface area contributed by atoms with E-state index in [9.17, 15) is 4.55 Å². The Bertz CT molecular complexity index is 452. The van der Waals surface area contributed by atoms with Crippen LogP contribution >= 0.6 is 0 Å². The monoisotopic (exact) mass is 306 g/mol. The molecule has 1 aliphatic rings. The van der Waals surface area contributed by atoms with E-state index < -0.39 is 11.4 Å². The van der Waals surface area contributed by atoms with Crippen molar-refractivity contribution < 1.29 is 4.55 Å². The molecule has 0 aromatic heterocycles. The molecule has 0 saturated heterocycles. The van der Waals surface area contributed by atoms with E-state index in [-0.39, 0.29) is 6.04 Å². The fourth-order valence-electron chi connectivity index (χ4n) is 2.91. The average molecular weight is 306 g/mol. The van der Waals surface area contributed by atoms with E-state index in [2.05, 4.69) is 16.6 Å². The zero-order valence-electron chi connectivity index (χ0n) is 13.2. The SMILES string of the molecule is C/N=C/C(N[S+]([O-])c1ccc(C)cc1)C1CCC(C)CC1. The minimum absolute atomic E-state index is 0.102. The number of aryl methyl sites for hydroxylation is 1. The largest absolute Gasteiger partial charge is 0.593 e. The Kier molecular flexibility index (Phi) is 6.27. The number of hydrogen-bond donors (Lipinski definition) is 1. The van der Waals surface area contributed by atoms with E-state index >= 15 is 0 Å². The highest BCUT2D eigenvalue weighted by Gasteiger charge is 2.28. The van der Waals surface area contributed by atoms with Gasteiger partial charge in [0.1, 0.15) is 0 Å². The quantitative estimate of drug-likeness (QED) is 0.668. The van der Waals surface area contributed by atoms with Gasteiger partial charge < -0.3 is 4.55 Å². The third-order valence-electron chi connectivity index (χ3n) is 4.36. The summed E-state index contributed by atoms with van der Waals surface area (Å²) in [4.78, 5) is 5.00. The maximum absolute atomic E-state index is 12.5. The molecular weight excluding hydrogens is 280 g/mol. The fraction of sp³-hybridized carbons (Fsp3) is 0.588. The smallest absolute Gasteiger partial charge is 0.173 e. The Morgan fingerprint density at radius 2 is 1.86 bits per heavy atom. The van der Waals surface area contributed by atoms with Crippen LogP contribution in [-0.4, -0.2) is 23.9 Å². The van der Waals surface area contributed by atoms with Crippen molar-refractivity contribution in [1.29, 1.82) is 0 Å². The van der Waals surface area contributed by atoms with Crippen molar-refractivity contribution in [3.05, 3.63) is 29.8 Å². The van der Waals surface area contributed by atoms with E-state index in [1.165, 1.54) is 31.2 Å². The van der Waals surface area contributed by atoms with Crippen molar-refractivity contribution in [2.75, 3.05) is 7.05 Å². The molecule has 21 heavy (non-hydrogen) atoms. The molecule has 0 bridgehead atoms. The van der Waals surface area contributed by atoms with Crippen molar-refractivity contribution in [3.63, 3.8) is 0 Å². The van der Waals surface area contributed by atoms with Crippen LogP contribution in [-0.2, 0) is 11.4 Å². The third-order valence-corrected chi connectivity index (χ3v) is 5.54. The molecule has 1 N–H and O–H groups in total. The summed E-state index contributed by atoms with van der Waals surface area (Å²) >= 11 is -1.17. The first kappa shape index (κ1) is 16.5. The topological polar surface area (TPSA) is 47.5 Å². The van der Waals surface area contributed by atoms with E-state index in [0.717, 1.165) is 10.8 Å². The molecule has 0 aliphatic heterocycles. The van der Waals surface area contributed by atoms with Gasteiger partial charge >= 0.3 is 0 Å². The van der Waals surface area contributed by atoms with Crippen molar-refractivity contribution >= 4 is 17.6 Å². The Balaban J connectivity index is 2.00. The zero-order chi connectivity index (χ0) is 15.2. The second-order valence-corrected chi connectivity index (χ2v) is 7.40. The summed E-state index contributed by atoms with van der Waals surface area (Å²) in [6.45, 7) is 4.35. The lowest BCUT2D eigenvalue weighted by atomic mass is 9.80. The van der Waals surface area contributed by atoms with E-state index in [1.807, 2.05) is 37.4 Å². The summed E-state index contributed by atoms with van der Waals surface area (Å²) in [6.07, 6.45) is 6.83. The molecule has 2 atom stereocenters. The van der Waals surface area contributed by atoms with Crippen molar-refractivity contribution in [2.45, 2.75) is 50.5 Å². The Hall–Kier alpha value is -0.840. The highest BCUT2D eigenvalue weighted by molar-refractivity contribution is 7.89. The van der Waals surface area contributed by atoms with Crippen LogP contribution < -0.4 is 4.72 Å². The Morgan fingerprint density at radius 1 is 1.24 bits per heavy atom. The predicted octanol–water partition coefficient (Wildman–Crippen LogP) is 3.50. The molecule has 1 aromatic carbocycles. The molecular formula is C17H26N2OS. The Morgan fingerprint density at radius 3 is 2.43 bits per heavy atom. The average Bonchev–Trinajstić information content (AvgIpc) is 2.48. The van der Waals surface area contributed by atoms with Gasteiger partial charge in [-0.05, 0) is 43.7 Å². The van der Waals surface area contributed by atoms with Crippen molar-refractivity contribution in [2.24, 2.45) is 16.8 Å². The Labute approximate surface area is 131 Å². The van der Waals surface area contributed by atoms with E-state index in [4.69, 9.17) is 0 Å². The molecule has 0 amide bonds. The van der Waals surface area contributed by atoms with Crippen molar-refractivity contribution in [3.8, 4) is 0 Å². The summed E-state index contributed by atoms with van der Waals surface area (Å²) in [5, 5.41) is 0. The summed E-state index contributed by atoms with van der Waals surface area (Å²) in [6, 6.07) is 7.97. The molecule has 0 radical (unpaired) electrons. The number of benzene rings is 1. The van der Waals surface area contributed by atoms with Gasteiger partial charge in [-0.3, -0.25) is 4.99 Å². The standard InChI is InChI=1S/C17H26N2OS/c1-13-4-8-15(9-5-13)17(12-18-3)19-21(20)16-10-6-14(2)7-11-16/h6-7,10-13,15,17,19H,4-5,8-9H2,1-3H3/b18-12+. The molecule has 0 spiro atoms. The van der Waals surface area contributed by atoms with Crippen LogP contribution in [0.3, 0.4) is 0 Å². The van der Waals surface area contributed by atoms with E-state index in [1.54, 1.807) is 7.05 Å². The first-order valence-electron chi connectivity index (χ1n) is 7.77. The van der Waals surface area contributed by atoms with Crippen molar-refractivity contribution in [1.82, 2.24) is 4.72 Å². The van der Waals surface area contributed by atoms with Crippen LogP contribution in [0.25, 0.3) is 0 Å². The number of aliphatic imine (C=N–C) groups is 1. The highest BCUT2D eigenvalue weighted by atomic mass is 32.2. The van der Waals surface area contributed by atoms with Crippen LogP contribution in [0.2, 0.25) is 0 Å². The predicted molar refractivity (Wildman–Crippen MR) is 90.0 cm³/mol. The zero-order valence-corrected chi connectivity index (χ0v) is 14.0. The normalized spacial score (nSPS) is 25.9. The highest BCUT2D eigenvalue weighted by Crippen LogP contribution is 2.30. The molecule has 2 unspecified atom stereocenters. The molecule has 1 fully saturated rings. The number of nitrogens with zero attached hydrogens (tertiary/aromatic N) is 1. The number of hydrogen-bond acceptors (Lipinski definition) is 3. The fourth-order valence-corrected chi connectivity index (χ4v) is 3.93. The molecule has 3 nitrogen and oxygen atoms in total. The second kappa shape index (κ2) is 7.97. The summed E-state index contributed by atoms with van der Waals surface area (Å²) in [5.74, 6) is 1.36. The van der Waals surface area contributed by atoms with Gasteiger partial charge in [-0.2, -0.15) is 0 Å². The van der Waals surface area contributed by atoms with Gasteiger partial charge in [0.2, 0.25) is 0 Å². The molecule has 0 heterocycles. The maximum atomic E-state index is 12.5. The minimum atomic E-state index is -1.17. The van der Waals surface area contributed by atoms with Gasteiger partial charge in [0.05, 0.1) is 17.4 Å². The lowest BCUT2D eigenvalue weighted by Crippen LogP contribution is -2.42. The van der Waals surface area contributed by atoms with Crippen LogP contribution in [0.15, 0.2) is 34.2 Å². The van der Waals surface area contributed by atoms with Gasteiger partial charge in [0, 0.05) is 13.3 Å². The third kappa shape index (κ3) is 4.83. The molecule has 1 aliphatic carbocycles. The van der Waals surface area contributed by atoms with Crippen LogP contribution in [0, 0.1) is 18.8 Å².